The Balaban J connectivity index is 2.22. The van der Waals surface area contributed by atoms with E-state index in [1.54, 1.807) is 16.9 Å². The summed E-state index contributed by atoms with van der Waals surface area (Å²) in [5.41, 5.74) is 5.64. The lowest BCUT2D eigenvalue weighted by Gasteiger charge is -2.16. The predicted octanol–water partition coefficient (Wildman–Crippen LogP) is 1.62. The first-order valence-electron chi connectivity index (χ1n) is 6.33. The average Bonchev–Trinajstić information content (AvgIpc) is 2.77. The van der Waals surface area contributed by atoms with Gasteiger partial charge in [-0.25, -0.2) is 4.39 Å². The second kappa shape index (κ2) is 6.02. The minimum atomic E-state index is -0.372. The third kappa shape index (κ3) is 2.81. The molecule has 20 heavy (non-hydrogen) atoms. The lowest BCUT2D eigenvalue weighted by Crippen LogP contribution is -2.30. The fraction of sp³-hybridized carbons (Fsp3) is 0.357. The molecule has 5 nitrogen and oxygen atoms in total. The molecule has 1 aromatic heterocycles. The molecule has 6 heteroatoms. The fourth-order valence-corrected chi connectivity index (χ4v) is 2.19. The standard InChI is InChI=1S/C14H19FN4O/c1-9-11(8-17-19(9)2)13(18-16)7-10-4-5-14(20-3)12(15)6-10/h4-6,8,13,18H,7,16H2,1-3H3. The van der Waals surface area contributed by atoms with Crippen molar-refractivity contribution in [2.45, 2.75) is 19.4 Å². The molecule has 2 aromatic rings. The molecule has 0 saturated heterocycles. The van der Waals surface area contributed by atoms with Crippen LogP contribution < -0.4 is 16.0 Å². The van der Waals surface area contributed by atoms with Crippen molar-refractivity contribution in [3.63, 3.8) is 0 Å². The maximum absolute atomic E-state index is 13.7. The van der Waals surface area contributed by atoms with Gasteiger partial charge in [-0.3, -0.25) is 16.0 Å². The normalized spacial score (nSPS) is 12.4. The molecule has 0 radical (unpaired) electrons. The number of nitrogens with zero attached hydrogens (tertiary/aromatic N) is 2. The minimum absolute atomic E-state index is 0.114. The van der Waals surface area contributed by atoms with Crippen LogP contribution in [-0.4, -0.2) is 16.9 Å². The third-order valence-electron chi connectivity index (χ3n) is 3.51. The second-order valence-electron chi connectivity index (χ2n) is 4.70. The van der Waals surface area contributed by atoms with E-state index in [9.17, 15) is 4.39 Å². The van der Waals surface area contributed by atoms with Crippen LogP contribution in [0.1, 0.15) is 22.9 Å². The van der Waals surface area contributed by atoms with Crippen molar-refractivity contribution in [3.8, 4) is 5.75 Å². The molecule has 0 aliphatic carbocycles. The number of rotatable bonds is 5. The van der Waals surface area contributed by atoms with Crippen molar-refractivity contribution < 1.29 is 9.13 Å². The molecule has 1 heterocycles. The molecular formula is C14H19FN4O. The number of nitrogens with two attached hydrogens (primary N) is 1. The number of aryl methyl sites for hydroxylation is 1. The lowest BCUT2D eigenvalue weighted by atomic mass is 10.00. The first-order chi connectivity index (χ1) is 9.56. The number of nitrogens with one attached hydrogen (secondary N) is 1. The third-order valence-corrected chi connectivity index (χ3v) is 3.51. The van der Waals surface area contributed by atoms with Crippen molar-refractivity contribution >= 4 is 0 Å². The van der Waals surface area contributed by atoms with Gasteiger partial charge in [0.25, 0.3) is 0 Å². The van der Waals surface area contributed by atoms with Gasteiger partial charge in [0.15, 0.2) is 11.6 Å². The van der Waals surface area contributed by atoms with Gasteiger partial charge in [0.2, 0.25) is 0 Å². The van der Waals surface area contributed by atoms with Crippen LogP contribution in [0, 0.1) is 12.7 Å². The van der Waals surface area contributed by atoms with E-state index >= 15 is 0 Å². The number of aromatic nitrogens is 2. The molecule has 0 fully saturated rings. The summed E-state index contributed by atoms with van der Waals surface area (Å²) in [5.74, 6) is 5.49. The first-order valence-corrected chi connectivity index (χ1v) is 6.33. The van der Waals surface area contributed by atoms with Gasteiger partial charge in [0.05, 0.1) is 19.3 Å². The lowest BCUT2D eigenvalue weighted by molar-refractivity contribution is 0.386. The minimum Gasteiger partial charge on any atom is -0.494 e. The number of hydrogen-bond acceptors (Lipinski definition) is 4. The van der Waals surface area contributed by atoms with Gasteiger partial charge < -0.3 is 4.74 Å². The Labute approximate surface area is 117 Å². The predicted molar refractivity (Wildman–Crippen MR) is 74.7 cm³/mol. The van der Waals surface area contributed by atoms with Crippen molar-refractivity contribution in [2.75, 3.05) is 7.11 Å². The van der Waals surface area contributed by atoms with E-state index in [1.165, 1.54) is 13.2 Å². The first kappa shape index (κ1) is 14.5. The quantitative estimate of drug-likeness (QED) is 0.644. The molecule has 0 bridgehead atoms. The molecule has 108 valence electrons. The van der Waals surface area contributed by atoms with E-state index in [1.807, 2.05) is 20.0 Å². The van der Waals surface area contributed by atoms with Crippen molar-refractivity contribution in [1.82, 2.24) is 15.2 Å². The Hall–Kier alpha value is -1.92. The topological polar surface area (TPSA) is 65.1 Å². The zero-order valence-corrected chi connectivity index (χ0v) is 11.9. The summed E-state index contributed by atoms with van der Waals surface area (Å²) in [6, 6.07) is 4.80. The highest BCUT2D eigenvalue weighted by Crippen LogP contribution is 2.23. The van der Waals surface area contributed by atoms with Gasteiger partial charge in [-0.1, -0.05) is 6.07 Å². The van der Waals surface area contributed by atoms with Gasteiger partial charge in [-0.15, -0.1) is 0 Å². The van der Waals surface area contributed by atoms with Gasteiger partial charge in [0, 0.05) is 18.3 Å². The van der Waals surface area contributed by atoms with Gasteiger partial charge in [0.1, 0.15) is 0 Å². The van der Waals surface area contributed by atoms with Crippen LogP contribution in [0.25, 0.3) is 0 Å². The highest BCUT2D eigenvalue weighted by Gasteiger charge is 2.16. The van der Waals surface area contributed by atoms with E-state index in [-0.39, 0.29) is 17.6 Å². The van der Waals surface area contributed by atoms with Crippen molar-refractivity contribution in [1.29, 1.82) is 0 Å². The number of hydrazine groups is 1. The van der Waals surface area contributed by atoms with E-state index in [4.69, 9.17) is 10.6 Å². The number of hydrogen-bond donors (Lipinski definition) is 2. The summed E-state index contributed by atoms with van der Waals surface area (Å²) in [7, 11) is 3.32. The summed E-state index contributed by atoms with van der Waals surface area (Å²) in [4.78, 5) is 0. The number of ether oxygens (including phenoxy) is 1. The van der Waals surface area contributed by atoms with Crippen LogP contribution >= 0.6 is 0 Å². The summed E-state index contributed by atoms with van der Waals surface area (Å²) in [6.07, 6.45) is 2.35. The fourth-order valence-electron chi connectivity index (χ4n) is 2.19. The van der Waals surface area contributed by atoms with Crippen LogP contribution in [-0.2, 0) is 13.5 Å². The van der Waals surface area contributed by atoms with E-state index in [2.05, 4.69) is 10.5 Å². The van der Waals surface area contributed by atoms with Crippen LogP contribution in [0.4, 0.5) is 4.39 Å². The zero-order chi connectivity index (χ0) is 14.7. The van der Waals surface area contributed by atoms with E-state index in [0.29, 0.717) is 6.42 Å². The van der Waals surface area contributed by atoms with Crippen molar-refractivity contribution in [2.24, 2.45) is 12.9 Å². The summed E-state index contributed by atoms with van der Waals surface area (Å²) >= 11 is 0. The molecule has 0 spiro atoms. The Bertz CT molecular complexity index is 597. The highest BCUT2D eigenvalue weighted by molar-refractivity contribution is 5.31. The second-order valence-corrected chi connectivity index (χ2v) is 4.70. The SMILES string of the molecule is COc1ccc(CC(NN)c2cnn(C)c2C)cc1F. The maximum atomic E-state index is 13.7. The Kier molecular flexibility index (Phi) is 4.36. The van der Waals surface area contributed by atoms with Gasteiger partial charge in [-0.05, 0) is 31.0 Å². The van der Waals surface area contributed by atoms with Crippen LogP contribution in [0.2, 0.25) is 0 Å². The van der Waals surface area contributed by atoms with Gasteiger partial charge in [-0.2, -0.15) is 5.10 Å². The largest absolute Gasteiger partial charge is 0.494 e. The Morgan fingerprint density at radius 2 is 2.25 bits per heavy atom. The van der Waals surface area contributed by atoms with Gasteiger partial charge >= 0.3 is 0 Å². The van der Waals surface area contributed by atoms with Crippen LogP contribution in [0.3, 0.4) is 0 Å². The summed E-state index contributed by atoms with van der Waals surface area (Å²) < 4.78 is 20.4. The smallest absolute Gasteiger partial charge is 0.165 e. The molecule has 3 N–H and O–H groups in total. The number of benzene rings is 1. The molecule has 2 rings (SSSR count). The summed E-state index contributed by atoms with van der Waals surface area (Å²) in [5, 5.41) is 4.20. The van der Waals surface area contributed by atoms with Crippen LogP contribution in [0.5, 0.6) is 5.75 Å². The molecule has 0 saturated carbocycles. The Morgan fingerprint density at radius 1 is 1.50 bits per heavy atom. The van der Waals surface area contributed by atoms with Crippen LogP contribution in [0.15, 0.2) is 24.4 Å². The van der Waals surface area contributed by atoms with Crippen molar-refractivity contribution in [3.05, 3.63) is 47.0 Å². The molecule has 1 atom stereocenters. The zero-order valence-electron chi connectivity index (χ0n) is 11.9. The molecular weight excluding hydrogens is 259 g/mol. The highest BCUT2D eigenvalue weighted by atomic mass is 19.1. The molecule has 0 aliphatic rings. The number of methoxy groups -OCH3 is 1. The molecule has 0 amide bonds. The number of halogens is 1. The molecule has 1 aromatic carbocycles. The van der Waals surface area contributed by atoms with E-state index in [0.717, 1.165) is 16.8 Å². The molecule has 1 unspecified atom stereocenters. The molecule has 0 aliphatic heterocycles. The average molecular weight is 278 g/mol. The van der Waals surface area contributed by atoms with E-state index < -0.39 is 0 Å². The maximum Gasteiger partial charge on any atom is 0.165 e. The monoisotopic (exact) mass is 278 g/mol. The Morgan fingerprint density at radius 3 is 2.75 bits per heavy atom. The summed E-state index contributed by atoms with van der Waals surface area (Å²) in [6.45, 7) is 1.97.